The molecule has 306 valence electrons. The molecular formula is C59H49N3O. The molecule has 8 aromatic carbocycles. The Labute approximate surface area is 370 Å². The fraction of sp³-hybridized carbons (Fsp3) is 0.136. The first kappa shape index (κ1) is 39.7. The summed E-state index contributed by atoms with van der Waals surface area (Å²) in [7, 11) is 0. The van der Waals surface area contributed by atoms with E-state index in [9.17, 15) is 0 Å². The van der Waals surface area contributed by atoms with E-state index in [4.69, 9.17) is 19.4 Å². The number of hydrogen-bond acceptors (Lipinski definition) is 4. The molecule has 0 fully saturated rings. The van der Waals surface area contributed by atoms with Gasteiger partial charge in [0.15, 0.2) is 17.5 Å². The Morgan fingerprint density at radius 2 is 0.762 bits per heavy atom. The smallest absolute Gasteiger partial charge is 0.165 e. The van der Waals surface area contributed by atoms with Crippen LogP contribution < -0.4 is 0 Å². The lowest BCUT2D eigenvalue weighted by Gasteiger charge is -2.23. The standard InChI is InChI=1S/C59H49N3O/c1-58(2,3)49-36-46(40-24-15-9-16-25-40)35-48-51-52(47(42-26-17-10-18-27-42)37-50(59(4,5)6)54(51)63-53(48)49)57-61-55(43-32-30-41(31-33-43)38-20-11-7-12-21-38)60-56(62-57)45-29-19-28-44(34-45)39-22-13-8-14-23-39/h7-37H,1-6H3. The molecule has 0 bridgehead atoms. The summed E-state index contributed by atoms with van der Waals surface area (Å²) >= 11 is 0. The van der Waals surface area contributed by atoms with Gasteiger partial charge in [0.05, 0.1) is 0 Å². The van der Waals surface area contributed by atoms with E-state index in [-0.39, 0.29) is 10.8 Å². The molecule has 4 nitrogen and oxygen atoms in total. The van der Waals surface area contributed by atoms with Crippen molar-refractivity contribution in [1.82, 2.24) is 15.0 Å². The molecule has 2 heterocycles. The van der Waals surface area contributed by atoms with E-state index >= 15 is 0 Å². The van der Waals surface area contributed by atoms with Gasteiger partial charge in [-0.1, -0.05) is 205 Å². The first-order valence-electron chi connectivity index (χ1n) is 21.8. The van der Waals surface area contributed by atoms with Crippen molar-refractivity contribution < 1.29 is 4.42 Å². The Hall–Kier alpha value is -7.43. The normalized spacial score (nSPS) is 12.0. The predicted octanol–water partition coefficient (Wildman–Crippen LogP) is 16.0. The lowest BCUT2D eigenvalue weighted by atomic mass is 9.80. The summed E-state index contributed by atoms with van der Waals surface area (Å²) in [5, 5.41) is 2.04. The van der Waals surface area contributed by atoms with Crippen LogP contribution in [0.5, 0.6) is 0 Å². The Balaban J connectivity index is 1.33. The molecule has 10 aromatic rings. The molecule has 0 aliphatic heterocycles. The van der Waals surface area contributed by atoms with Crippen LogP contribution in [0, 0.1) is 0 Å². The second-order valence-corrected chi connectivity index (χ2v) is 18.5. The van der Waals surface area contributed by atoms with Crippen molar-refractivity contribution in [2.24, 2.45) is 0 Å². The van der Waals surface area contributed by atoms with E-state index in [1.54, 1.807) is 0 Å². The molecule has 10 rings (SSSR count). The van der Waals surface area contributed by atoms with Crippen LogP contribution in [0.2, 0.25) is 0 Å². The first-order valence-corrected chi connectivity index (χ1v) is 21.8. The number of fused-ring (bicyclic) bond motifs is 3. The minimum atomic E-state index is -0.258. The molecule has 4 heteroatoms. The molecule has 2 aromatic heterocycles. The van der Waals surface area contributed by atoms with Gasteiger partial charge in [0.2, 0.25) is 0 Å². The number of nitrogens with zero attached hydrogens (tertiary/aromatic N) is 3. The topological polar surface area (TPSA) is 51.8 Å². The molecule has 0 saturated carbocycles. The summed E-state index contributed by atoms with van der Waals surface area (Å²) in [6, 6.07) is 66.2. The number of rotatable bonds is 7. The number of aromatic nitrogens is 3. The SMILES string of the molecule is CC(C)(C)c1cc(-c2ccccc2)cc2c1oc1c(C(C)(C)C)cc(-c3ccccc3)c(-c3nc(-c4ccc(-c5ccccc5)cc4)nc(-c4cccc(-c5ccccc5)c4)n3)c12. The summed E-state index contributed by atoms with van der Waals surface area (Å²) in [6.07, 6.45) is 0. The Morgan fingerprint density at radius 3 is 1.33 bits per heavy atom. The van der Waals surface area contributed by atoms with Crippen LogP contribution in [0.15, 0.2) is 192 Å². The maximum atomic E-state index is 7.29. The fourth-order valence-corrected chi connectivity index (χ4v) is 8.70. The zero-order valence-corrected chi connectivity index (χ0v) is 36.6. The van der Waals surface area contributed by atoms with Crippen LogP contribution in [0.1, 0.15) is 52.7 Å². The average molecular weight is 816 g/mol. The third-order valence-electron chi connectivity index (χ3n) is 12.0. The van der Waals surface area contributed by atoms with Crippen molar-refractivity contribution in [3.05, 3.63) is 199 Å². The van der Waals surface area contributed by atoms with Crippen LogP contribution in [0.4, 0.5) is 0 Å². The highest BCUT2D eigenvalue weighted by atomic mass is 16.3. The molecule has 0 radical (unpaired) electrons. The van der Waals surface area contributed by atoms with E-state index in [0.717, 1.165) is 94.3 Å². The molecule has 0 atom stereocenters. The van der Waals surface area contributed by atoms with Gasteiger partial charge in [-0.05, 0) is 79.6 Å². The maximum Gasteiger partial charge on any atom is 0.165 e. The second kappa shape index (κ2) is 15.8. The van der Waals surface area contributed by atoms with Gasteiger partial charge in [-0.15, -0.1) is 0 Å². The van der Waals surface area contributed by atoms with Crippen LogP contribution >= 0.6 is 0 Å². The third-order valence-corrected chi connectivity index (χ3v) is 12.0. The monoisotopic (exact) mass is 815 g/mol. The zero-order valence-electron chi connectivity index (χ0n) is 36.6. The van der Waals surface area contributed by atoms with Crippen molar-refractivity contribution in [1.29, 1.82) is 0 Å². The van der Waals surface area contributed by atoms with Crippen molar-refractivity contribution in [3.8, 4) is 78.7 Å². The second-order valence-electron chi connectivity index (χ2n) is 18.5. The number of furan rings is 1. The Kier molecular flexibility index (Phi) is 9.95. The van der Waals surface area contributed by atoms with Gasteiger partial charge in [-0.3, -0.25) is 0 Å². The molecule has 63 heavy (non-hydrogen) atoms. The van der Waals surface area contributed by atoms with E-state index < -0.39 is 0 Å². The highest BCUT2D eigenvalue weighted by Crippen LogP contribution is 2.49. The summed E-state index contributed by atoms with van der Waals surface area (Å²) in [5.41, 5.74) is 15.2. The van der Waals surface area contributed by atoms with Crippen LogP contribution in [-0.2, 0) is 10.8 Å². The van der Waals surface area contributed by atoms with Crippen molar-refractivity contribution >= 4 is 21.9 Å². The van der Waals surface area contributed by atoms with Gasteiger partial charge in [0, 0.05) is 38.6 Å². The van der Waals surface area contributed by atoms with Gasteiger partial charge in [0.1, 0.15) is 11.2 Å². The zero-order chi connectivity index (χ0) is 43.3. The quantitative estimate of drug-likeness (QED) is 0.161. The molecule has 0 aliphatic rings. The molecule has 0 saturated heterocycles. The van der Waals surface area contributed by atoms with E-state index in [0.29, 0.717) is 17.5 Å². The molecule has 0 amide bonds. The lowest BCUT2D eigenvalue weighted by Crippen LogP contribution is -2.12. The van der Waals surface area contributed by atoms with Crippen molar-refractivity contribution in [3.63, 3.8) is 0 Å². The first-order chi connectivity index (χ1) is 30.5. The van der Waals surface area contributed by atoms with Crippen LogP contribution in [0.3, 0.4) is 0 Å². The minimum absolute atomic E-state index is 0.218. The lowest BCUT2D eigenvalue weighted by molar-refractivity contribution is 0.557. The van der Waals surface area contributed by atoms with Gasteiger partial charge in [0.25, 0.3) is 0 Å². The third kappa shape index (κ3) is 7.63. The maximum absolute atomic E-state index is 7.29. The van der Waals surface area contributed by atoms with Crippen LogP contribution in [-0.4, -0.2) is 15.0 Å². The molecule has 0 spiro atoms. The minimum Gasteiger partial charge on any atom is -0.455 e. The highest BCUT2D eigenvalue weighted by molar-refractivity contribution is 6.18. The summed E-state index contributed by atoms with van der Waals surface area (Å²) in [5.74, 6) is 1.78. The summed E-state index contributed by atoms with van der Waals surface area (Å²) in [4.78, 5) is 16.3. The Morgan fingerprint density at radius 1 is 0.333 bits per heavy atom. The van der Waals surface area contributed by atoms with Crippen molar-refractivity contribution in [2.45, 2.75) is 52.4 Å². The summed E-state index contributed by atoms with van der Waals surface area (Å²) < 4.78 is 7.29. The van der Waals surface area contributed by atoms with E-state index in [1.807, 2.05) is 12.1 Å². The number of hydrogen-bond donors (Lipinski definition) is 0. The average Bonchev–Trinajstić information content (AvgIpc) is 3.70. The van der Waals surface area contributed by atoms with Crippen molar-refractivity contribution in [2.75, 3.05) is 0 Å². The van der Waals surface area contributed by atoms with Gasteiger partial charge >= 0.3 is 0 Å². The highest BCUT2D eigenvalue weighted by Gasteiger charge is 2.31. The largest absolute Gasteiger partial charge is 0.455 e. The summed E-state index contributed by atoms with van der Waals surface area (Å²) in [6.45, 7) is 13.6. The van der Waals surface area contributed by atoms with E-state index in [2.05, 4.69) is 217 Å². The number of benzene rings is 8. The Bertz CT molecular complexity index is 3250. The molecule has 0 unspecified atom stereocenters. The van der Waals surface area contributed by atoms with Gasteiger partial charge < -0.3 is 4.42 Å². The van der Waals surface area contributed by atoms with Gasteiger partial charge in [-0.2, -0.15) is 0 Å². The fourth-order valence-electron chi connectivity index (χ4n) is 8.70. The van der Waals surface area contributed by atoms with E-state index in [1.165, 1.54) is 0 Å². The molecular weight excluding hydrogens is 767 g/mol. The van der Waals surface area contributed by atoms with Crippen LogP contribution in [0.25, 0.3) is 101 Å². The van der Waals surface area contributed by atoms with Gasteiger partial charge in [-0.25, -0.2) is 15.0 Å². The molecule has 0 aliphatic carbocycles. The predicted molar refractivity (Wildman–Crippen MR) is 263 cm³/mol. The molecule has 0 N–H and O–H groups in total.